The highest BCUT2D eigenvalue weighted by atomic mass is 35.5. The minimum atomic E-state index is -1.17. The van der Waals surface area contributed by atoms with Crippen LogP contribution in [0.2, 0.25) is 5.02 Å². The number of aromatic carboxylic acids is 1. The minimum absolute atomic E-state index is 0.0816. The van der Waals surface area contributed by atoms with E-state index in [0.29, 0.717) is 0 Å². The molecule has 0 unspecified atom stereocenters. The van der Waals surface area contributed by atoms with Gasteiger partial charge in [0, 0.05) is 11.1 Å². The first-order valence-corrected chi connectivity index (χ1v) is 5.67. The molecule has 92 valence electrons. The fourth-order valence-electron chi connectivity index (χ4n) is 1.80. The van der Waals surface area contributed by atoms with Crippen molar-refractivity contribution in [2.75, 3.05) is 0 Å². The Morgan fingerprint density at radius 1 is 1.22 bits per heavy atom. The number of carbonyl (C=O) groups is 1. The lowest BCUT2D eigenvalue weighted by Gasteiger charge is -2.09. The summed E-state index contributed by atoms with van der Waals surface area (Å²) in [4.78, 5) is 11.2. The largest absolute Gasteiger partial charge is 0.478 e. The van der Waals surface area contributed by atoms with Crippen molar-refractivity contribution in [3.63, 3.8) is 0 Å². The Kier molecular flexibility index (Phi) is 3.34. The lowest BCUT2D eigenvalue weighted by Crippen LogP contribution is -2.01. The average molecular weight is 265 g/mol. The number of hydrogen-bond acceptors (Lipinski definition) is 1. The number of carboxylic acid groups (broad SMARTS) is 1. The van der Waals surface area contributed by atoms with E-state index in [4.69, 9.17) is 16.7 Å². The first kappa shape index (κ1) is 12.6. The van der Waals surface area contributed by atoms with Gasteiger partial charge in [0.05, 0.1) is 10.6 Å². The van der Waals surface area contributed by atoms with Gasteiger partial charge in [0.25, 0.3) is 0 Å². The molecule has 0 amide bonds. The summed E-state index contributed by atoms with van der Waals surface area (Å²) in [7, 11) is 0. The third kappa shape index (κ3) is 2.22. The predicted molar refractivity (Wildman–Crippen MR) is 68.5 cm³/mol. The molecule has 4 heteroatoms. The predicted octanol–water partition coefficient (Wildman–Crippen LogP) is 4.15. The van der Waals surface area contributed by atoms with Gasteiger partial charge in [-0.1, -0.05) is 35.9 Å². The molecule has 0 aliphatic rings. The summed E-state index contributed by atoms with van der Waals surface area (Å²) >= 11 is 5.85. The van der Waals surface area contributed by atoms with Gasteiger partial charge in [0.15, 0.2) is 0 Å². The standard InChI is InChI=1S/C14H10ClFO2/c1-8-5-6-9(12(16)7-8)10-3-2-4-11(15)13(10)14(17)18/h2-7H,1H3,(H,17,18). The van der Waals surface area contributed by atoms with E-state index in [9.17, 15) is 9.18 Å². The number of rotatable bonds is 2. The number of benzene rings is 2. The molecule has 0 radical (unpaired) electrons. The molecule has 0 heterocycles. The zero-order chi connectivity index (χ0) is 13.3. The molecule has 2 nitrogen and oxygen atoms in total. The van der Waals surface area contributed by atoms with Crippen LogP contribution in [0.25, 0.3) is 11.1 Å². The normalized spacial score (nSPS) is 10.4. The number of aryl methyl sites for hydroxylation is 1. The summed E-state index contributed by atoms with van der Waals surface area (Å²) in [6.45, 7) is 1.77. The highest BCUT2D eigenvalue weighted by molar-refractivity contribution is 6.34. The molecule has 2 rings (SSSR count). The van der Waals surface area contributed by atoms with Crippen LogP contribution in [-0.2, 0) is 0 Å². The zero-order valence-electron chi connectivity index (χ0n) is 9.58. The van der Waals surface area contributed by atoms with Gasteiger partial charge in [-0.05, 0) is 24.6 Å². The molecule has 0 aromatic heterocycles. The third-order valence-corrected chi connectivity index (χ3v) is 2.96. The molecule has 0 bridgehead atoms. The Balaban J connectivity index is 2.71. The highest BCUT2D eigenvalue weighted by Crippen LogP contribution is 2.31. The van der Waals surface area contributed by atoms with E-state index >= 15 is 0 Å². The lowest BCUT2D eigenvalue weighted by molar-refractivity contribution is 0.0698. The summed E-state index contributed by atoms with van der Waals surface area (Å²) in [5.41, 5.74) is 1.21. The van der Waals surface area contributed by atoms with Crippen molar-refractivity contribution < 1.29 is 14.3 Å². The third-order valence-electron chi connectivity index (χ3n) is 2.64. The smallest absolute Gasteiger partial charge is 0.337 e. The van der Waals surface area contributed by atoms with Crippen molar-refractivity contribution in [1.82, 2.24) is 0 Å². The van der Waals surface area contributed by atoms with Crippen LogP contribution >= 0.6 is 11.6 Å². The first-order chi connectivity index (χ1) is 8.50. The SMILES string of the molecule is Cc1ccc(-c2cccc(Cl)c2C(=O)O)c(F)c1. The van der Waals surface area contributed by atoms with Crippen molar-refractivity contribution in [1.29, 1.82) is 0 Å². The van der Waals surface area contributed by atoms with E-state index < -0.39 is 11.8 Å². The van der Waals surface area contributed by atoms with Gasteiger partial charge in [0.1, 0.15) is 5.82 Å². The molecule has 2 aromatic rings. The molecule has 0 fully saturated rings. The maximum atomic E-state index is 13.9. The van der Waals surface area contributed by atoms with Crippen LogP contribution < -0.4 is 0 Å². The highest BCUT2D eigenvalue weighted by Gasteiger charge is 2.17. The summed E-state index contributed by atoms with van der Waals surface area (Å²) in [5, 5.41) is 9.24. The van der Waals surface area contributed by atoms with Gasteiger partial charge in [-0.2, -0.15) is 0 Å². The zero-order valence-corrected chi connectivity index (χ0v) is 10.3. The van der Waals surface area contributed by atoms with Crippen molar-refractivity contribution in [3.8, 4) is 11.1 Å². The molecule has 0 atom stereocenters. The van der Waals surface area contributed by atoms with Gasteiger partial charge >= 0.3 is 5.97 Å². The fourth-order valence-corrected chi connectivity index (χ4v) is 2.06. The van der Waals surface area contributed by atoms with E-state index in [1.807, 2.05) is 0 Å². The average Bonchev–Trinajstić information content (AvgIpc) is 2.28. The maximum absolute atomic E-state index is 13.9. The lowest BCUT2D eigenvalue weighted by atomic mass is 9.98. The van der Waals surface area contributed by atoms with Crippen LogP contribution in [-0.4, -0.2) is 11.1 Å². The second-order valence-electron chi connectivity index (χ2n) is 3.95. The van der Waals surface area contributed by atoms with Crippen molar-refractivity contribution in [2.45, 2.75) is 6.92 Å². The topological polar surface area (TPSA) is 37.3 Å². The summed E-state index contributed by atoms with van der Waals surface area (Å²) < 4.78 is 13.9. The number of carboxylic acids is 1. The quantitative estimate of drug-likeness (QED) is 0.885. The molecular formula is C14H10ClFO2. The Hall–Kier alpha value is -1.87. The molecule has 0 aliphatic heterocycles. The van der Waals surface area contributed by atoms with Crippen LogP contribution in [0, 0.1) is 12.7 Å². The molecule has 0 spiro atoms. The van der Waals surface area contributed by atoms with Crippen molar-refractivity contribution in [3.05, 3.63) is 58.4 Å². The summed E-state index contributed by atoms with van der Waals surface area (Å²) in [6, 6.07) is 9.27. The van der Waals surface area contributed by atoms with E-state index in [1.54, 1.807) is 31.2 Å². The van der Waals surface area contributed by atoms with Crippen molar-refractivity contribution >= 4 is 17.6 Å². The van der Waals surface area contributed by atoms with E-state index in [1.165, 1.54) is 12.1 Å². The molecule has 0 aliphatic carbocycles. The van der Waals surface area contributed by atoms with Crippen LogP contribution in [0.5, 0.6) is 0 Å². The monoisotopic (exact) mass is 264 g/mol. The second-order valence-corrected chi connectivity index (χ2v) is 4.36. The van der Waals surface area contributed by atoms with Crippen LogP contribution in [0.4, 0.5) is 4.39 Å². The molecule has 1 N–H and O–H groups in total. The first-order valence-electron chi connectivity index (χ1n) is 5.29. The Morgan fingerprint density at radius 2 is 1.94 bits per heavy atom. The molecule has 18 heavy (non-hydrogen) atoms. The van der Waals surface area contributed by atoms with Gasteiger partial charge in [-0.25, -0.2) is 9.18 Å². The van der Waals surface area contributed by atoms with E-state index in [2.05, 4.69) is 0 Å². The number of hydrogen-bond donors (Lipinski definition) is 1. The van der Waals surface area contributed by atoms with Crippen LogP contribution in [0.1, 0.15) is 15.9 Å². The maximum Gasteiger partial charge on any atom is 0.337 e. The van der Waals surface area contributed by atoms with Gasteiger partial charge in [-0.15, -0.1) is 0 Å². The Labute approximate surface area is 109 Å². The molecule has 0 saturated carbocycles. The van der Waals surface area contributed by atoms with E-state index in [-0.39, 0.29) is 21.7 Å². The van der Waals surface area contributed by atoms with E-state index in [0.717, 1.165) is 5.56 Å². The Bertz CT molecular complexity index is 623. The minimum Gasteiger partial charge on any atom is -0.478 e. The summed E-state index contributed by atoms with van der Waals surface area (Å²) in [5.74, 6) is -1.63. The van der Waals surface area contributed by atoms with Gasteiger partial charge in [0.2, 0.25) is 0 Å². The molecule has 0 saturated heterocycles. The molecular weight excluding hydrogens is 255 g/mol. The van der Waals surface area contributed by atoms with Gasteiger partial charge in [-0.3, -0.25) is 0 Å². The van der Waals surface area contributed by atoms with Crippen molar-refractivity contribution in [2.24, 2.45) is 0 Å². The molecule has 2 aromatic carbocycles. The fraction of sp³-hybridized carbons (Fsp3) is 0.0714. The van der Waals surface area contributed by atoms with Gasteiger partial charge < -0.3 is 5.11 Å². The van der Waals surface area contributed by atoms with Crippen LogP contribution in [0.15, 0.2) is 36.4 Å². The second kappa shape index (κ2) is 4.78. The van der Waals surface area contributed by atoms with Crippen LogP contribution in [0.3, 0.4) is 0 Å². The number of halogens is 2. The Morgan fingerprint density at radius 3 is 2.56 bits per heavy atom. The summed E-state index contributed by atoms with van der Waals surface area (Å²) in [6.07, 6.45) is 0.